The van der Waals surface area contributed by atoms with Crippen LogP contribution in [0.15, 0.2) is 30.3 Å². The Balaban J connectivity index is 1.19. The Morgan fingerprint density at radius 3 is 2.14 bits per heavy atom. The third kappa shape index (κ3) is 5.08. The van der Waals surface area contributed by atoms with Crippen molar-refractivity contribution in [3.63, 3.8) is 0 Å². The van der Waals surface area contributed by atoms with E-state index in [4.69, 9.17) is 4.74 Å². The first-order valence-electron chi connectivity index (χ1n) is 10.9. The minimum Gasteiger partial charge on any atom is -0.378 e. The lowest BCUT2D eigenvalue weighted by Crippen LogP contribution is -2.52. The molecular weight excluding hydrogens is 368 g/mol. The Morgan fingerprint density at radius 1 is 0.828 bits per heavy atom. The van der Waals surface area contributed by atoms with E-state index < -0.39 is 0 Å². The number of benzene rings is 1. The van der Waals surface area contributed by atoms with Gasteiger partial charge in [-0.2, -0.15) is 0 Å². The van der Waals surface area contributed by atoms with E-state index in [2.05, 4.69) is 34.1 Å². The van der Waals surface area contributed by atoms with Crippen LogP contribution < -0.4 is 4.90 Å². The number of morpholine rings is 1. The van der Waals surface area contributed by atoms with Crippen molar-refractivity contribution in [3.05, 3.63) is 30.3 Å². The summed E-state index contributed by atoms with van der Waals surface area (Å²) < 4.78 is 5.34. The van der Waals surface area contributed by atoms with Crippen LogP contribution in [0.3, 0.4) is 0 Å². The maximum absolute atomic E-state index is 12.7. The van der Waals surface area contributed by atoms with Crippen LogP contribution in [0.5, 0.6) is 0 Å². The summed E-state index contributed by atoms with van der Waals surface area (Å²) in [5.41, 5.74) is 1.23. The highest BCUT2D eigenvalue weighted by Gasteiger charge is 2.31. The number of carbonyl (C=O) groups is 2. The Labute approximate surface area is 173 Å². The molecule has 0 aliphatic carbocycles. The van der Waals surface area contributed by atoms with Crippen LogP contribution in [0.1, 0.15) is 12.8 Å². The summed E-state index contributed by atoms with van der Waals surface area (Å²) in [4.78, 5) is 33.9. The fourth-order valence-corrected chi connectivity index (χ4v) is 4.52. The van der Waals surface area contributed by atoms with Crippen molar-refractivity contribution in [2.24, 2.45) is 5.92 Å². The molecule has 158 valence electrons. The number of hydrogen-bond acceptors (Lipinski definition) is 5. The van der Waals surface area contributed by atoms with E-state index in [1.54, 1.807) is 0 Å². The van der Waals surface area contributed by atoms with Crippen LogP contribution in [-0.4, -0.2) is 98.6 Å². The molecule has 1 aromatic rings. The lowest BCUT2D eigenvalue weighted by Gasteiger charge is -2.38. The van der Waals surface area contributed by atoms with Crippen LogP contribution in [0.2, 0.25) is 0 Å². The SMILES string of the molecule is O=C(CN1CCC(C(=O)N2CCOCC2)CC1)N1CCN(c2ccccc2)CC1. The van der Waals surface area contributed by atoms with Gasteiger partial charge in [0.05, 0.1) is 19.8 Å². The second-order valence-corrected chi connectivity index (χ2v) is 8.19. The minimum absolute atomic E-state index is 0.105. The summed E-state index contributed by atoms with van der Waals surface area (Å²) in [7, 11) is 0. The molecule has 3 saturated heterocycles. The van der Waals surface area contributed by atoms with Gasteiger partial charge in [-0.3, -0.25) is 14.5 Å². The molecule has 3 heterocycles. The molecule has 0 saturated carbocycles. The molecule has 7 nitrogen and oxygen atoms in total. The number of anilines is 1. The Kier molecular flexibility index (Phi) is 6.67. The summed E-state index contributed by atoms with van der Waals surface area (Å²) in [6, 6.07) is 10.4. The highest BCUT2D eigenvalue weighted by Crippen LogP contribution is 2.21. The molecule has 3 aliphatic heterocycles. The van der Waals surface area contributed by atoms with Crippen LogP contribution in [0.4, 0.5) is 5.69 Å². The summed E-state index contributed by atoms with van der Waals surface area (Å²) in [6.07, 6.45) is 1.70. The van der Waals surface area contributed by atoms with Gasteiger partial charge in [0.2, 0.25) is 11.8 Å². The molecule has 7 heteroatoms. The first-order chi connectivity index (χ1) is 14.2. The van der Waals surface area contributed by atoms with E-state index >= 15 is 0 Å². The Hall–Kier alpha value is -2.12. The number of carbonyl (C=O) groups excluding carboxylic acids is 2. The number of hydrogen-bond donors (Lipinski definition) is 0. The summed E-state index contributed by atoms with van der Waals surface area (Å²) in [6.45, 7) is 8.18. The van der Waals surface area contributed by atoms with E-state index in [1.165, 1.54) is 5.69 Å². The Morgan fingerprint density at radius 2 is 1.48 bits per heavy atom. The van der Waals surface area contributed by atoms with Crippen molar-refractivity contribution in [1.82, 2.24) is 14.7 Å². The highest BCUT2D eigenvalue weighted by atomic mass is 16.5. The number of piperidine rings is 1. The average molecular weight is 401 g/mol. The zero-order chi connectivity index (χ0) is 20.1. The van der Waals surface area contributed by atoms with Crippen molar-refractivity contribution in [1.29, 1.82) is 0 Å². The van der Waals surface area contributed by atoms with Crippen molar-refractivity contribution >= 4 is 17.5 Å². The van der Waals surface area contributed by atoms with Gasteiger partial charge in [-0.1, -0.05) is 18.2 Å². The van der Waals surface area contributed by atoms with Crippen LogP contribution in [0.25, 0.3) is 0 Å². The van der Waals surface area contributed by atoms with Gasteiger partial charge in [0, 0.05) is 50.9 Å². The van der Waals surface area contributed by atoms with Gasteiger partial charge in [-0.15, -0.1) is 0 Å². The van der Waals surface area contributed by atoms with Crippen molar-refractivity contribution in [3.8, 4) is 0 Å². The molecule has 2 amide bonds. The summed E-state index contributed by atoms with van der Waals surface area (Å²) in [5, 5.41) is 0. The molecule has 4 rings (SSSR count). The fourth-order valence-electron chi connectivity index (χ4n) is 4.52. The quantitative estimate of drug-likeness (QED) is 0.752. The number of para-hydroxylation sites is 1. The molecule has 0 bridgehead atoms. The molecule has 3 aliphatic rings. The number of nitrogens with zero attached hydrogens (tertiary/aromatic N) is 4. The maximum atomic E-state index is 12.7. The van der Waals surface area contributed by atoms with Crippen LogP contribution >= 0.6 is 0 Å². The van der Waals surface area contributed by atoms with E-state index in [-0.39, 0.29) is 17.7 Å². The van der Waals surface area contributed by atoms with Crippen molar-refractivity contribution < 1.29 is 14.3 Å². The fraction of sp³-hybridized carbons (Fsp3) is 0.636. The topological polar surface area (TPSA) is 56.3 Å². The van der Waals surface area contributed by atoms with Crippen molar-refractivity contribution in [2.75, 3.05) is 77.0 Å². The molecule has 1 aromatic carbocycles. The predicted molar refractivity (Wildman–Crippen MR) is 112 cm³/mol. The lowest BCUT2D eigenvalue weighted by molar-refractivity contribution is -0.141. The van der Waals surface area contributed by atoms with Crippen LogP contribution in [-0.2, 0) is 14.3 Å². The second-order valence-electron chi connectivity index (χ2n) is 8.19. The molecule has 0 spiro atoms. The zero-order valence-corrected chi connectivity index (χ0v) is 17.2. The van der Waals surface area contributed by atoms with Crippen molar-refractivity contribution in [2.45, 2.75) is 12.8 Å². The number of piperazine rings is 1. The molecule has 0 unspecified atom stereocenters. The number of rotatable bonds is 4. The Bertz CT molecular complexity index is 677. The first kappa shape index (κ1) is 20.2. The van der Waals surface area contributed by atoms with Gasteiger partial charge >= 0.3 is 0 Å². The molecule has 29 heavy (non-hydrogen) atoms. The van der Waals surface area contributed by atoms with Gasteiger partial charge < -0.3 is 19.4 Å². The molecule has 0 radical (unpaired) electrons. The largest absolute Gasteiger partial charge is 0.378 e. The van der Waals surface area contributed by atoms with E-state index in [1.807, 2.05) is 15.9 Å². The smallest absolute Gasteiger partial charge is 0.236 e. The third-order valence-electron chi connectivity index (χ3n) is 6.37. The zero-order valence-electron chi connectivity index (χ0n) is 17.2. The van der Waals surface area contributed by atoms with E-state index in [9.17, 15) is 9.59 Å². The standard InChI is InChI=1S/C22H32N4O3/c27-21(25-12-10-24(11-13-25)20-4-2-1-3-5-20)18-23-8-6-19(7-9-23)22(28)26-14-16-29-17-15-26/h1-5,19H,6-18H2. The molecule has 3 fully saturated rings. The van der Waals surface area contributed by atoms with Gasteiger partial charge in [-0.25, -0.2) is 0 Å². The van der Waals surface area contributed by atoms with E-state index in [0.29, 0.717) is 32.8 Å². The first-order valence-corrected chi connectivity index (χ1v) is 10.9. The number of ether oxygens (including phenoxy) is 1. The highest BCUT2D eigenvalue weighted by molar-refractivity contribution is 5.80. The van der Waals surface area contributed by atoms with Gasteiger partial charge in [-0.05, 0) is 38.1 Å². The minimum atomic E-state index is 0.105. The van der Waals surface area contributed by atoms with Gasteiger partial charge in [0.25, 0.3) is 0 Å². The normalized spacial score (nSPS) is 22.0. The van der Waals surface area contributed by atoms with Gasteiger partial charge in [0.15, 0.2) is 0 Å². The van der Waals surface area contributed by atoms with Gasteiger partial charge in [0.1, 0.15) is 0 Å². The molecule has 0 N–H and O–H groups in total. The lowest BCUT2D eigenvalue weighted by atomic mass is 9.95. The van der Waals surface area contributed by atoms with E-state index in [0.717, 1.165) is 52.1 Å². The summed E-state index contributed by atoms with van der Waals surface area (Å²) >= 11 is 0. The third-order valence-corrected chi connectivity index (χ3v) is 6.37. The maximum Gasteiger partial charge on any atom is 0.236 e. The summed E-state index contributed by atoms with van der Waals surface area (Å²) in [5.74, 6) is 0.598. The molecular formula is C22H32N4O3. The number of likely N-dealkylation sites (tertiary alicyclic amines) is 1. The number of amides is 2. The molecule has 0 aromatic heterocycles. The monoisotopic (exact) mass is 400 g/mol. The molecule has 0 atom stereocenters. The van der Waals surface area contributed by atoms with Crippen LogP contribution in [0, 0.1) is 5.92 Å². The second kappa shape index (κ2) is 9.59. The average Bonchev–Trinajstić information content (AvgIpc) is 2.80. The predicted octanol–water partition coefficient (Wildman–Crippen LogP) is 0.906.